The fraction of sp³-hybridized carbons (Fsp3) is 0.636. The van der Waals surface area contributed by atoms with Crippen LogP contribution in [0.5, 0.6) is 0 Å². The molecule has 0 saturated heterocycles. The first kappa shape index (κ1) is 17.8. The van der Waals surface area contributed by atoms with E-state index >= 15 is 0 Å². The Morgan fingerprint density at radius 2 is 1.68 bits per heavy atom. The van der Waals surface area contributed by atoms with Gasteiger partial charge in [-0.15, -0.1) is 0 Å². The van der Waals surface area contributed by atoms with E-state index in [9.17, 15) is 14.2 Å². The Morgan fingerprint density at radius 3 is 2.00 bits per heavy atom. The lowest BCUT2D eigenvalue weighted by atomic mass is 10.3. The molecule has 0 amide bonds. The fourth-order valence-electron chi connectivity index (χ4n) is 1.40. The summed E-state index contributed by atoms with van der Waals surface area (Å²) >= 11 is 0. The molecule has 0 fully saturated rings. The minimum Gasteiger partial charge on any atom is -0.499 e. The second kappa shape index (κ2) is 8.85. The third-order valence-electron chi connectivity index (χ3n) is 2.10. The van der Waals surface area contributed by atoms with Crippen LogP contribution in [0.2, 0.25) is 0 Å². The average Bonchev–Trinajstić information content (AvgIpc) is 2.38. The first-order chi connectivity index (χ1) is 9.00. The second-order valence-electron chi connectivity index (χ2n) is 3.21. The van der Waals surface area contributed by atoms with Gasteiger partial charge in [0.05, 0.1) is 27.4 Å². The molecule has 0 aliphatic carbocycles. The molecule has 0 bridgehead atoms. The number of esters is 1. The highest BCUT2D eigenvalue weighted by molar-refractivity contribution is 7.56. The standard InChI is InChI=1S/C11H19O7P/c1-5-17-19(14,18-6-2)10(11(13)16-4)9(15-3)7-8-12/h7-8,10H,5-6H2,1-4H3. The molecule has 8 heteroatoms. The van der Waals surface area contributed by atoms with E-state index < -0.39 is 19.2 Å². The summed E-state index contributed by atoms with van der Waals surface area (Å²) in [4.78, 5) is 22.3. The van der Waals surface area contributed by atoms with Crippen molar-refractivity contribution >= 4 is 19.9 Å². The van der Waals surface area contributed by atoms with Crippen molar-refractivity contribution in [3.63, 3.8) is 0 Å². The van der Waals surface area contributed by atoms with E-state index in [1.807, 2.05) is 0 Å². The zero-order valence-corrected chi connectivity index (χ0v) is 12.3. The van der Waals surface area contributed by atoms with Crippen molar-refractivity contribution in [2.24, 2.45) is 0 Å². The number of hydrogen-bond acceptors (Lipinski definition) is 7. The highest BCUT2D eigenvalue weighted by Gasteiger charge is 2.45. The van der Waals surface area contributed by atoms with E-state index in [0.717, 1.165) is 13.2 Å². The maximum absolute atomic E-state index is 12.6. The first-order valence-electron chi connectivity index (χ1n) is 5.66. The molecule has 0 aromatic carbocycles. The summed E-state index contributed by atoms with van der Waals surface area (Å²) in [6.45, 7) is 3.36. The maximum atomic E-state index is 12.6. The van der Waals surface area contributed by atoms with Crippen LogP contribution in [0.4, 0.5) is 0 Å². The quantitative estimate of drug-likeness (QED) is 0.209. The van der Waals surface area contributed by atoms with Gasteiger partial charge in [-0.3, -0.25) is 14.2 Å². The Hall–Kier alpha value is -1.17. The van der Waals surface area contributed by atoms with Crippen molar-refractivity contribution in [3.8, 4) is 0 Å². The Kier molecular flexibility index (Phi) is 8.30. The molecule has 0 aromatic rings. The molecule has 0 aliphatic heterocycles. The largest absolute Gasteiger partial charge is 0.499 e. The highest BCUT2D eigenvalue weighted by atomic mass is 31.2. The first-order valence-corrected chi connectivity index (χ1v) is 7.27. The van der Waals surface area contributed by atoms with Crippen LogP contribution in [0, 0.1) is 0 Å². The summed E-state index contributed by atoms with van der Waals surface area (Å²) in [5.41, 5.74) is -1.42. The minimum absolute atomic E-state index is 0.0723. The molecule has 110 valence electrons. The summed E-state index contributed by atoms with van der Waals surface area (Å²) in [5, 5.41) is 0. The molecule has 0 rings (SSSR count). The number of ether oxygens (including phenoxy) is 2. The minimum atomic E-state index is -3.83. The SMILES string of the molecule is CCOP(=O)(OCC)C(C(=O)OC)C(=CC=O)OC. The summed E-state index contributed by atoms with van der Waals surface area (Å²) in [5.74, 6) is -0.993. The fourth-order valence-corrected chi connectivity index (χ4v) is 3.36. The van der Waals surface area contributed by atoms with Gasteiger partial charge in [0.15, 0.2) is 0 Å². The van der Waals surface area contributed by atoms with Gasteiger partial charge < -0.3 is 18.5 Å². The van der Waals surface area contributed by atoms with E-state index in [2.05, 4.69) is 4.74 Å². The molecule has 19 heavy (non-hydrogen) atoms. The molecular formula is C11H19O7P. The van der Waals surface area contributed by atoms with E-state index in [0.29, 0.717) is 6.29 Å². The molecule has 7 nitrogen and oxygen atoms in total. The Balaban J connectivity index is 5.66. The molecule has 0 heterocycles. The van der Waals surface area contributed by atoms with Gasteiger partial charge in [-0.2, -0.15) is 0 Å². The van der Waals surface area contributed by atoms with Crippen molar-refractivity contribution < 1.29 is 32.7 Å². The number of carbonyl (C=O) groups excluding carboxylic acids is 2. The van der Waals surface area contributed by atoms with Gasteiger partial charge >= 0.3 is 13.6 Å². The number of rotatable bonds is 9. The monoisotopic (exact) mass is 294 g/mol. The van der Waals surface area contributed by atoms with Gasteiger partial charge in [-0.05, 0) is 13.8 Å². The normalized spacial score (nSPS) is 13.8. The molecule has 1 atom stereocenters. The number of allylic oxidation sites excluding steroid dienone is 1. The van der Waals surface area contributed by atoms with E-state index in [1.54, 1.807) is 13.8 Å². The van der Waals surface area contributed by atoms with Crippen LogP contribution >= 0.6 is 7.60 Å². The van der Waals surface area contributed by atoms with E-state index in [4.69, 9.17) is 13.8 Å². The average molecular weight is 294 g/mol. The van der Waals surface area contributed by atoms with E-state index in [-0.39, 0.29) is 19.0 Å². The van der Waals surface area contributed by atoms with Crippen LogP contribution < -0.4 is 0 Å². The van der Waals surface area contributed by atoms with Gasteiger partial charge in [-0.25, -0.2) is 0 Å². The van der Waals surface area contributed by atoms with Gasteiger partial charge in [0, 0.05) is 6.08 Å². The highest BCUT2D eigenvalue weighted by Crippen LogP contribution is 2.55. The molecule has 0 aliphatic rings. The third-order valence-corrected chi connectivity index (χ3v) is 4.43. The van der Waals surface area contributed by atoms with Gasteiger partial charge in [0.2, 0.25) is 5.66 Å². The lowest BCUT2D eigenvalue weighted by Crippen LogP contribution is -2.28. The lowest BCUT2D eigenvalue weighted by Gasteiger charge is -2.25. The smallest absolute Gasteiger partial charge is 0.352 e. The zero-order chi connectivity index (χ0) is 14.9. The van der Waals surface area contributed by atoms with Crippen LogP contribution in [-0.4, -0.2) is 45.3 Å². The van der Waals surface area contributed by atoms with Crippen molar-refractivity contribution in [1.82, 2.24) is 0 Å². The molecule has 0 saturated carbocycles. The topological polar surface area (TPSA) is 88.1 Å². The van der Waals surface area contributed by atoms with Gasteiger partial charge in [0.25, 0.3) is 0 Å². The molecule has 0 N–H and O–H groups in total. The number of hydrogen-bond donors (Lipinski definition) is 0. The third kappa shape index (κ3) is 4.78. The number of carbonyl (C=O) groups is 2. The van der Waals surface area contributed by atoms with E-state index in [1.165, 1.54) is 7.11 Å². The molecular weight excluding hydrogens is 275 g/mol. The second-order valence-corrected chi connectivity index (χ2v) is 5.32. The van der Waals surface area contributed by atoms with Crippen LogP contribution in [0.1, 0.15) is 13.8 Å². The Labute approximate surface area is 112 Å². The molecule has 1 unspecified atom stereocenters. The summed E-state index contributed by atoms with van der Waals surface area (Å²) in [6.07, 6.45) is 1.39. The van der Waals surface area contributed by atoms with Crippen molar-refractivity contribution in [2.75, 3.05) is 27.4 Å². The van der Waals surface area contributed by atoms with Gasteiger partial charge in [0.1, 0.15) is 12.0 Å². The molecule has 0 radical (unpaired) electrons. The van der Waals surface area contributed by atoms with Crippen LogP contribution in [0.15, 0.2) is 11.8 Å². The van der Waals surface area contributed by atoms with Crippen LogP contribution in [-0.2, 0) is 32.7 Å². The predicted octanol–water partition coefficient (Wildman–Crippen LogP) is 1.52. The summed E-state index contributed by atoms with van der Waals surface area (Å²) in [7, 11) is -1.46. The van der Waals surface area contributed by atoms with Crippen LogP contribution in [0.25, 0.3) is 0 Å². The lowest BCUT2D eigenvalue weighted by molar-refractivity contribution is -0.140. The summed E-state index contributed by atoms with van der Waals surface area (Å²) < 4.78 is 32.3. The Bertz CT molecular complexity index is 367. The summed E-state index contributed by atoms with van der Waals surface area (Å²) in [6, 6.07) is 0. The molecule has 0 aromatic heterocycles. The zero-order valence-electron chi connectivity index (χ0n) is 11.5. The molecule has 0 spiro atoms. The number of aldehydes is 1. The number of methoxy groups -OCH3 is 2. The predicted molar refractivity (Wildman–Crippen MR) is 67.8 cm³/mol. The van der Waals surface area contributed by atoms with Gasteiger partial charge in [-0.1, -0.05) is 0 Å². The Morgan fingerprint density at radius 1 is 1.16 bits per heavy atom. The van der Waals surface area contributed by atoms with Crippen molar-refractivity contribution in [2.45, 2.75) is 19.5 Å². The van der Waals surface area contributed by atoms with Crippen molar-refractivity contribution in [1.29, 1.82) is 0 Å². The maximum Gasteiger partial charge on any atom is 0.352 e. The van der Waals surface area contributed by atoms with Crippen LogP contribution in [0.3, 0.4) is 0 Å². The van der Waals surface area contributed by atoms with Crippen molar-refractivity contribution in [3.05, 3.63) is 11.8 Å².